The molecule has 0 fully saturated rings. The lowest BCUT2D eigenvalue weighted by Crippen LogP contribution is -2.24. The molecule has 0 saturated carbocycles. The summed E-state index contributed by atoms with van der Waals surface area (Å²) in [6.45, 7) is 2.00. The van der Waals surface area contributed by atoms with Gasteiger partial charge in [0.25, 0.3) is 5.56 Å². The van der Waals surface area contributed by atoms with Crippen molar-refractivity contribution in [1.82, 2.24) is 14.1 Å². The standard InChI is InChI=1S/C23H21N3O6S3/c1-3-31-18(28)11-14(27)13-34-22-24-20-19(21(29)25(22)12-15-7-6-10-32-15)35-23(33)26(20)16-8-4-5-9-17(16)30-2/h4-10H,3,11-13H2,1-2H3. The lowest BCUT2D eigenvalue weighted by Gasteiger charge is -2.13. The number of carbonyl (C=O) groups is 2. The van der Waals surface area contributed by atoms with Crippen LogP contribution in [-0.4, -0.2) is 45.3 Å². The molecule has 1 aromatic carbocycles. The second-order valence-corrected chi connectivity index (χ2v) is 9.79. The van der Waals surface area contributed by atoms with E-state index in [9.17, 15) is 14.4 Å². The molecule has 9 nitrogen and oxygen atoms in total. The fourth-order valence-electron chi connectivity index (χ4n) is 3.37. The minimum absolute atomic E-state index is 0.0611. The number of ether oxygens (including phenoxy) is 2. The number of ketones is 1. The van der Waals surface area contributed by atoms with E-state index in [4.69, 9.17) is 31.1 Å². The number of rotatable bonds is 10. The lowest BCUT2D eigenvalue weighted by atomic mass is 10.3. The molecule has 35 heavy (non-hydrogen) atoms. The van der Waals surface area contributed by atoms with Crippen LogP contribution in [0, 0.1) is 3.95 Å². The number of esters is 1. The van der Waals surface area contributed by atoms with Crippen LogP contribution in [0.1, 0.15) is 19.1 Å². The monoisotopic (exact) mass is 531 g/mol. The number of para-hydroxylation sites is 2. The molecule has 182 valence electrons. The van der Waals surface area contributed by atoms with Crippen LogP contribution in [0.4, 0.5) is 0 Å². The number of Topliss-reactive ketones (excluding diaryl/α,β-unsaturated/α-hetero) is 1. The molecule has 0 aliphatic heterocycles. The number of furan rings is 1. The summed E-state index contributed by atoms with van der Waals surface area (Å²) in [4.78, 5) is 42.3. The Labute approximate surface area is 213 Å². The zero-order valence-corrected chi connectivity index (χ0v) is 21.3. The first-order chi connectivity index (χ1) is 16.9. The smallest absolute Gasteiger partial charge is 0.313 e. The third-order valence-electron chi connectivity index (χ3n) is 4.89. The Morgan fingerprint density at radius 2 is 2.03 bits per heavy atom. The largest absolute Gasteiger partial charge is 0.495 e. The van der Waals surface area contributed by atoms with E-state index in [1.54, 1.807) is 36.8 Å². The minimum atomic E-state index is -0.586. The molecule has 3 heterocycles. The Bertz CT molecular complexity index is 1490. The van der Waals surface area contributed by atoms with Crippen molar-refractivity contribution in [3.8, 4) is 11.4 Å². The fourth-order valence-corrected chi connectivity index (χ4v) is 5.53. The van der Waals surface area contributed by atoms with Crippen molar-refractivity contribution in [3.05, 3.63) is 62.7 Å². The number of fused-ring (bicyclic) bond motifs is 1. The molecule has 3 aromatic heterocycles. The Morgan fingerprint density at radius 1 is 1.23 bits per heavy atom. The Morgan fingerprint density at radius 3 is 2.74 bits per heavy atom. The van der Waals surface area contributed by atoms with Crippen molar-refractivity contribution in [2.45, 2.75) is 25.0 Å². The van der Waals surface area contributed by atoms with E-state index in [0.717, 1.165) is 23.1 Å². The number of methoxy groups -OCH3 is 1. The highest BCUT2D eigenvalue weighted by molar-refractivity contribution is 7.99. The molecule has 0 bridgehead atoms. The van der Waals surface area contributed by atoms with Gasteiger partial charge in [0.1, 0.15) is 22.6 Å². The topological polar surface area (TPSA) is 106 Å². The SMILES string of the molecule is CCOC(=O)CC(=O)CSc1nc2c(sc(=S)n2-c2ccccc2OC)c(=O)n1Cc1ccco1. The third kappa shape index (κ3) is 5.39. The summed E-state index contributed by atoms with van der Waals surface area (Å²) in [5.41, 5.74) is 0.707. The zero-order chi connectivity index (χ0) is 24.9. The van der Waals surface area contributed by atoms with E-state index in [1.165, 1.54) is 10.8 Å². The van der Waals surface area contributed by atoms with Crippen LogP contribution in [0.3, 0.4) is 0 Å². The summed E-state index contributed by atoms with van der Waals surface area (Å²) in [5, 5.41) is 0.299. The molecule has 0 aliphatic rings. The highest BCUT2D eigenvalue weighted by atomic mass is 32.2. The van der Waals surface area contributed by atoms with Gasteiger partial charge in [0, 0.05) is 0 Å². The van der Waals surface area contributed by atoms with Crippen LogP contribution >= 0.6 is 35.3 Å². The first kappa shape index (κ1) is 24.9. The van der Waals surface area contributed by atoms with E-state index < -0.39 is 5.97 Å². The van der Waals surface area contributed by atoms with Crippen molar-refractivity contribution < 1.29 is 23.5 Å². The predicted molar refractivity (Wildman–Crippen MR) is 135 cm³/mol. The number of thioether (sulfide) groups is 1. The molecule has 4 aromatic rings. The van der Waals surface area contributed by atoms with E-state index in [0.29, 0.717) is 36.7 Å². The van der Waals surface area contributed by atoms with Crippen molar-refractivity contribution in [1.29, 1.82) is 0 Å². The number of benzene rings is 1. The maximum absolute atomic E-state index is 13.6. The number of carbonyl (C=O) groups excluding carboxylic acids is 2. The number of thiazole rings is 1. The van der Waals surface area contributed by atoms with Gasteiger partial charge in [-0.15, -0.1) is 0 Å². The molecule has 0 aliphatic carbocycles. The third-order valence-corrected chi connectivity index (χ3v) is 7.28. The van der Waals surface area contributed by atoms with Crippen LogP contribution < -0.4 is 10.3 Å². The van der Waals surface area contributed by atoms with Crippen LogP contribution in [0.5, 0.6) is 5.75 Å². The number of aromatic nitrogens is 3. The average Bonchev–Trinajstić information content (AvgIpc) is 3.47. The predicted octanol–water partition coefficient (Wildman–Crippen LogP) is 4.24. The summed E-state index contributed by atoms with van der Waals surface area (Å²) >= 11 is 7.81. The summed E-state index contributed by atoms with van der Waals surface area (Å²) in [7, 11) is 1.55. The van der Waals surface area contributed by atoms with E-state index in [2.05, 4.69) is 0 Å². The van der Waals surface area contributed by atoms with E-state index in [1.807, 2.05) is 18.2 Å². The first-order valence-electron chi connectivity index (χ1n) is 10.5. The molecular weight excluding hydrogens is 510 g/mol. The first-order valence-corrected chi connectivity index (χ1v) is 12.8. The van der Waals surface area contributed by atoms with Gasteiger partial charge >= 0.3 is 5.97 Å². The van der Waals surface area contributed by atoms with E-state index >= 15 is 0 Å². The van der Waals surface area contributed by atoms with Crippen LogP contribution in [0.25, 0.3) is 16.0 Å². The van der Waals surface area contributed by atoms with Gasteiger partial charge in [-0.3, -0.25) is 23.5 Å². The maximum atomic E-state index is 13.6. The van der Waals surface area contributed by atoms with Gasteiger partial charge in [-0.25, -0.2) is 4.98 Å². The average molecular weight is 532 g/mol. The van der Waals surface area contributed by atoms with Crippen molar-refractivity contribution in [3.63, 3.8) is 0 Å². The Kier molecular flexibility index (Phi) is 7.83. The summed E-state index contributed by atoms with van der Waals surface area (Å²) in [6, 6.07) is 10.8. The molecular formula is C23H21N3O6S3. The van der Waals surface area contributed by atoms with Gasteiger partial charge in [-0.2, -0.15) is 0 Å². The van der Waals surface area contributed by atoms with Gasteiger partial charge in [0.2, 0.25) is 0 Å². The van der Waals surface area contributed by atoms with Crippen molar-refractivity contribution in [2.75, 3.05) is 19.5 Å². The lowest BCUT2D eigenvalue weighted by molar-refractivity contribution is -0.145. The number of hydrogen-bond donors (Lipinski definition) is 0. The van der Waals surface area contributed by atoms with Crippen LogP contribution in [-0.2, 0) is 20.9 Å². The van der Waals surface area contributed by atoms with E-state index in [-0.39, 0.29) is 36.7 Å². The molecule has 4 rings (SSSR count). The minimum Gasteiger partial charge on any atom is -0.495 e. The quantitative estimate of drug-likeness (QED) is 0.0976. The number of hydrogen-bond acceptors (Lipinski definition) is 10. The van der Waals surface area contributed by atoms with Gasteiger partial charge < -0.3 is 13.9 Å². The molecule has 0 amide bonds. The van der Waals surface area contributed by atoms with Crippen LogP contribution in [0.15, 0.2) is 57.0 Å². The Hall–Kier alpha value is -3.22. The summed E-state index contributed by atoms with van der Waals surface area (Å²) in [5.74, 6) is 0.148. The summed E-state index contributed by atoms with van der Waals surface area (Å²) in [6.07, 6.45) is 1.17. The molecule has 0 N–H and O–H groups in total. The molecule has 0 spiro atoms. The second kappa shape index (κ2) is 11.0. The van der Waals surface area contributed by atoms with Crippen molar-refractivity contribution >= 4 is 57.4 Å². The maximum Gasteiger partial charge on any atom is 0.313 e. The van der Waals surface area contributed by atoms with Gasteiger partial charge in [0.05, 0.1) is 38.0 Å². The molecule has 0 saturated heterocycles. The van der Waals surface area contributed by atoms with Gasteiger partial charge in [-0.1, -0.05) is 35.2 Å². The van der Waals surface area contributed by atoms with Crippen molar-refractivity contribution in [2.24, 2.45) is 0 Å². The molecule has 0 radical (unpaired) electrons. The zero-order valence-electron chi connectivity index (χ0n) is 18.9. The van der Waals surface area contributed by atoms with Gasteiger partial charge in [0.15, 0.2) is 20.5 Å². The normalized spacial score (nSPS) is 11.0. The number of nitrogens with zero attached hydrogens (tertiary/aromatic N) is 3. The highest BCUT2D eigenvalue weighted by Gasteiger charge is 2.21. The fraction of sp³-hybridized carbons (Fsp3) is 0.261. The van der Waals surface area contributed by atoms with Crippen LogP contribution in [0.2, 0.25) is 0 Å². The van der Waals surface area contributed by atoms with Gasteiger partial charge in [-0.05, 0) is 43.4 Å². The molecule has 0 atom stereocenters. The highest BCUT2D eigenvalue weighted by Crippen LogP contribution is 2.30. The Balaban J connectivity index is 1.80. The molecule has 0 unspecified atom stereocenters. The second-order valence-electron chi connectivity index (χ2n) is 7.20. The molecule has 12 heteroatoms. The summed E-state index contributed by atoms with van der Waals surface area (Å²) < 4.78 is 19.7.